The summed E-state index contributed by atoms with van der Waals surface area (Å²) in [4.78, 5) is 10.3. The van der Waals surface area contributed by atoms with Crippen LogP contribution in [0.1, 0.15) is 16.8 Å². The molecule has 1 aromatic carbocycles. The van der Waals surface area contributed by atoms with E-state index in [1.54, 1.807) is 0 Å². The third-order valence-electron chi connectivity index (χ3n) is 1.89. The molecule has 0 unspecified atom stereocenters. The third kappa shape index (κ3) is 6.46. The van der Waals surface area contributed by atoms with Crippen LogP contribution in [0.5, 0.6) is 5.75 Å². The van der Waals surface area contributed by atoms with Crippen LogP contribution in [0, 0.1) is 5.82 Å². The second-order valence-electron chi connectivity index (χ2n) is 3.27. The molecular weight excluding hydrogens is 274 g/mol. The van der Waals surface area contributed by atoms with Crippen molar-refractivity contribution in [2.45, 2.75) is 6.42 Å². The Hall–Kier alpha value is -0.470. The van der Waals surface area contributed by atoms with Crippen molar-refractivity contribution < 1.29 is 56.4 Å². The van der Waals surface area contributed by atoms with Crippen LogP contribution in [0.25, 0.3) is 0 Å². The van der Waals surface area contributed by atoms with Crippen molar-refractivity contribution in [2.24, 2.45) is 0 Å². The van der Waals surface area contributed by atoms with E-state index in [1.165, 1.54) is 12.1 Å². The van der Waals surface area contributed by atoms with Gasteiger partial charge in [0.1, 0.15) is 6.29 Å². The average Bonchev–Trinajstić information content (AvgIpc) is 2.24. The molecule has 0 aromatic heterocycles. The zero-order chi connectivity index (χ0) is 12.9. The monoisotopic (exact) mass is 284 g/mol. The Bertz CT molecular complexity index is 503. The summed E-state index contributed by atoms with van der Waals surface area (Å²) in [5, 5.41) is 0. The van der Waals surface area contributed by atoms with Gasteiger partial charge in [0, 0.05) is 11.3 Å². The number of rotatable bonds is 6. The molecule has 94 valence electrons. The average molecular weight is 284 g/mol. The minimum atomic E-state index is -4.27. The summed E-state index contributed by atoms with van der Waals surface area (Å²) < 4.78 is 49.0. The fourth-order valence-corrected chi connectivity index (χ4v) is 1.60. The predicted molar refractivity (Wildman–Crippen MR) is 56.5 cm³/mol. The Morgan fingerprint density at radius 2 is 2.06 bits per heavy atom. The van der Waals surface area contributed by atoms with Crippen LogP contribution >= 0.6 is 0 Å². The van der Waals surface area contributed by atoms with Crippen LogP contribution in [0.15, 0.2) is 18.2 Å². The molecule has 0 aliphatic rings. The molecule has 5 nitrogen and oxygen atoms in total. The molecule has 0 aliphatic carbocycles. The largest absolute Gasteiger partial charge is 1.00 e. The van der Waals surface area contributed by atoms with Crippen molar-refractivity contribution in [2.75, 3.05) is 12.4 Å². The van der Waals surface area contributed by atoms with Crippen molar-refractivity contribution in [3.63, 3.8) is 0 Å². The SMILES string of the molecule is O=Cc1ccc(OCCCS(=O)(=O)[O-])c(F)c1.[Na+]. The van der Waals surface area contributed by atoms with E-state index in [0.29, 0.717) is 6.29 Å². The van der Waals surface area contributed by atoms with Gasteiger partial charge in [-0.2, -0.15) is 0 Å². The molecule has 0 fully saturated rings. The van der Waals surface area contributed by atoms with Crippen molar-refractivity contribution in [3.05, 3.63) is 29.6 Å². The number of hydrogen-bond donors (Lipinski definition) is 0. The van der Waals surface area contributed by atoms with Gasteiger partial charge in [0.25, 0.3) is 0 Å². The molecule has 0 saturated heterocycles. The topological polar surface area (TPSA) is 83.5 Å². The number of ether oxygens (including phenoxy) is 1. The van der Waals surface area contributed by atoms with Crippen molar-refractivity contribution in [3.8, 4) is 5.75 Å². The first-order valence-corrected chi connectivity index (χ1v) is 6.31. The van der Waals surface area contributed by atoms with Gasteiger partial charge in [-0.3, -0.25) is 4.79 Å². The molecule has 0 amide bonds. The van der Waals surface area contributed by atoms with Gasteiger partial charge in [0.05, 0.1) is 16.7 Å². The Kier molecular flexibility index (Phi) is 7.65. The first-order valence-electron chi connectivity index (χ1n) is 4.73. The molecule has 0 spiro atoms. The van der Waals surface area contributed by atoms with Gasteiger partial charge < -0.3 is 9.29 Å². The summed E-state index contributed by atoms with van der Waals surface area (Å²) in [6.07, 6.45) is 0.484. The molecule has 1 aromatic rings. The Morgan fingerprint density at radius 3 is 2.56 bits per heavy atom. The van der Waals surface area contributed by atoms with E-state index < -0.39 is 21.7 Å². The van der Waals surface area contributed by atoms with E-state index >= 15 is 0 Å². The molecule has 0 bridgehead atoms. The van der Waals surface area contributed by atoms with Crippen LogP contribution in [0.4, 0.5) is 4.39 Å². The second kappa shape index (κ2) is 7.85. The summed E-state index contributed by atoms with van der Waals surface area (Å²) in [5.74, 6) is -1.35. The molecule has 0 atom stereocenters. The smallest absolute Gasteiger partial charge is 0.748 e. The van der Waals surface area contributed by atoms with Crippen molar-refractivity contribution in [1.82, 2.24) is 0 Å². The second-order valence-corrected chi connectivity index (χ2v) is 4.80. The normalized spacial score (nSPS) is 10.6. The molecule has 18 heavy (non-hydrogen) atoms. The van der Waals surface area contributed by atoms with Gasteiger partial charge >= 0.3 is 29.6 Å². The van der Waals surface area contributed by atoms with Crippen LogP contribution in [0.2, 0.25) is 0 Å². The first kappa shape index (κ1) is 17.5. The maximum absolute atomic E-state index is 13.2. The molecule has 1 rings (SSSR count). The Balaban J connectivity index is 0.00000289. The maximum Gasteiger partial charge on any atom is 1.00 e. The van der Waals surface area contributed by atoms with Crippen LogP contribution < -0.4 is 34.3 Å². The van der Waals surface area contributed by atoms with Gasteiger partial charge in [0.2, 0.25) is 0 Å². The minimum Gasteiger partial charge on any atom is -0.748 e. The summed E-state index contributed by atoms with van der Waals surface area (Å²) in [5.41, 5.74) is 0.178. The predicted octanol–water partition coefficient (Wildman–Crippen LogP) is -2.04. The van der Waals surface area contributed by atoms with E-state index in [9.17, 15) is 22.2 Å². The number of carbonyl (C=O) groups is 1. The number of aldehydes is 1. The van der Waals surface area contributed by atoms with E-state index in [1.807, 2.05) is 0 Å². The van der Waals surface area contributed by atoms with E-state index in [-0.39, 0.29) is 53.9 Å². The number of benzene rings is 1. The Labute approximate surface area is 126 Å². The summed E-state index contributed by atoms with van der Waals surface area (Å²) in [6.45, 7) is -0.0845. The fraction of sp³-hybridized carbons (Fsp3) is 0.300. The molecule has 0 heterocycles. The van der Waals surface area contributed by atoms with Gasteiger partial charge in [-0.1, -0.05) is 0 Å². The zero-order valence-electron chi connectivity index (χ0n) is 9.76. The van der Waals surface area contributed by atoms with E-state index in [4.69, 9.17) is 4.74 Å². The third-order valence-corrected chi connectivity index (χ3v) is 2.68. The first-order chi connectivity index (χ1) is 7.92. The van der Waals surface area contributed by atoms with E-state index in [2.05, 4.69) is 0 Å². The van der Waals surface area contributed by atoms with Crippen molar-refractivity contribution >= 4 is 16.4 Å². The van der Waals surface area contributed by atoms with Crippen molar-refractivity contribution in [1.29, 1.82) is 0 Å². The Morgan fingerprint density at radius 1 is 1.39 bits per heavy atom. The summed E-state index contributed by atoms with van der Waals surface area (Å²) in [7, 11) is -4.27. The molecular formula is C10H10FNaO5S. The number of halogens is 1. The maximum atomic E-state index is 13.2. The van der Waals surface area contributed by atoms with Gasteiger partial charge in [-0.15, -0.1) is 0 Å². The van der Waals surface area contributed by atoms with Gasteiger partial charge in [-0.05, 0) is 24.6 Å². The summed E-state index contributed by atoms with van der Waals surface area (Å²) in [6, 6.07) is 3.65. The molecule has 0 radical (unpaired) electrons. The molecule has 0 aliphatic heterocycles. The number of hydrogen-bond acceptors (Lipinski definition) is 5. The zero-order valence-corrected chi connectivity index (χ0v) is 12.6. The van der Waals surface area contributed by atoms with Crippen LogP contribution in [-0.4, -0.2) is 31.6 Å². The van der Waals surface area contributed by atoms with Gasteiger partial charge in [0.15, 0.2) is 11.6 Å². The van der Waals surface area contributed by atoms with Crippen LogP contribution in [-0.2, 0) is 10.1 Å². The molecule has 0 N–H and O–H groups in total. The van der Waals surface area contributed by atoms with Gasteiger partial charge in [-0.25, -0.2) is 12.8 Å². The minimum absolute atomic E-state index is 0. The molecule has 8 heteroatoms. The quantitative estimate of drug-likeness (QED) is 0.260. The van der Waals surface area contributed by atoms with E-state index in [0.717, 1.165) is 6.07 Å². The van der Waals surface area contributed by atoms with Crippen LogP contribution in [0.3, 0.4) is 0 Å². The standard InChI is InChI=1S/C10H11FO5S.Na/c11-9-6-8(7-12)2-3-10(9)16-4-1-5-17(13,14)15;/h2-3,6-7H,1,4-5H2,(H,13,14,15);/q;+1/p-1. The summed E-state index contributed by atoms with van der Waals surface area (Å²) >= 11 is 0. The number of carbonyl (C=O) groups excluding carboxylic acids is 1. The fourth-order valence-electron chi connectivity index (χ4n) is 1.13. The molecule has 0 saturated carbocycles.